The molecule has 0 bridgehead atoms. The Balaban J connectivity index is 1.45. The normalized spacial score (nSPS) is 23.4. The summed E-state index contributed by atoms with van der Waals surface area (Å²) in [5.41, 5.74) is 3.88. The lowest BCUT2D eigenvalue weighted by Crippen LogP contribution is -2.39. The van der Waals surface area contributed by atoms with Gasteiger partial charge >= 0.3 is 0 Å². The van der Waals surface area contributed by atoms with Gasteiger partial charge in [0, 0.05) is 49.4 Å². The number of rotatable bonds is 4. The third kappa shape index (κ3) is 3.40. The molecule has 0 saturated carbocycles. The molecule has 2 atom stereocenters. The second-order valence-corrected chi connectivity index (χ2v) is 7.80. The monoisotopic (exact) mass is 371 g/mol. The lowest BCUT2D eigenvalue weighted by atomic mass is 9.92. The van der Waals surface area contributed by atoms with Gasteiger partial charge in [0.25, 0.3) is 5.91 Å². The van der Waals surface area contributed by atoms with Crippen molar-refractivity contribution in [2.45, 2.75) is 71.1 Å². The zero-order valence-corrected chi connectivity index (χ0v) is 16.4. The van der Waals surface area contributed by atoms with Gasteiger partial charge in [0.1, 0.15) is 0 Å². The second-order valence-electron chi connectivity index (χ2n) is 7.80. The van der Waals surface area contributed by atoms with E-state index >= 15 is 0 Å². The van der Waals surface area contributed by atoms with Gasteiger partial charge in [0.2, 0.25) is 0 Å². The number of aryl methyl sites for hydroxylation is 1. The molecule has 0 radical (unpaired) electrons. The molecule has 146 valence electrons. The maximum atomic E-state index is 13.1. The standard InChI is InChI=1S/C20H29N5O2/c1-4-9-25-17(5-8-21-25)15-6-10-24(11-7-15)20(26)19-16-12-13(2)27-14(3)18(16)22-23-19/h5,8,13-15H,4,6-7,9-12H2,1-3H3,(H,22,23)/t13-,14+/m0/s1. The van der Waals surface area contributed by atoms with Gasteiger partial charge in [-0.2, -0.15) is 10.2 Å². The van der Waals surface area contributed by atoms with Crippen LogP contribution in [0.1, 0.15) is 79.5 Å². The molecular weight excluding hydrogens is 342 g/mol. The Hall–Kier alpha value is -2.15. The number of likely N-dealkylation sites (tertiary alicyclic amines) is 1. The molecule has 1 amide bonds. The number of ether oxygens (including phenoxy) is 1. The summed E-state index contributed by atoms with van der Waals surface area (Å²) in [5, 5.41) is 11.8. The van der Waals surface area contributed by atoms with Crippen molar-refractivity contribution < 1.29 is 9.53 Å². The summed E-state index contributed by atoms with van der Waals surface area (Å²) in [6.07, 6.45) is 5.74. The van der Waals surface area contributed by atoms with E-state index in [9.17, 15) is 4.79 Å². The number of carbonyl (C=O) groups excluding carboxylic acids is 1. The van der Waals surface area contributed by atoms with Crippen LogP contribution in [0.5, 0.6) is 0 Å². The molecule has 4 rings (SSSR count). The van der Waals surface area contributed by atoms with Crippen LogP contribution < -0.4 is 0 Å². The van der Waals surface area contributed by atoms with Gasteiger partial charge in [0.05, 0.1) is 17.9 Å². The van der Waals surface area contributed by atoms with Crippen LogP contribution in [-0.2, 0) is 17.7 Å². The van der Waals surface area contributed by atoms with Gasteiger partial charge in [-0.25, -0.2) is 0 Å². The zero-order chi connectivity index (χ0) is 19.0. The number of aromatic amines is 1. The molecule has 0 spiro atoms. The minimum atomic E-state index is -0.0395. The summed E-state index contributed by atoms with van der Waals surface area (Å²) in [4.78, 5) is 15.1. The van der Waals surface area contributed by atoms with Crippen molar-refractivity contribution in [3.63, 3.8) is 0 Å². The highest BCUT2D eigenvalue weighted by Crippen LogP contribution is 2.32. The fraction of sp³-hybridized carbons (Fsp3) is 0.650. The number of nitrogens with one attached hydrogen (secondary N) is 1. The van der Waals surface area contributed by atoms with E-state index in [0.717, 1.165) is 56.6 Å². The third-order valence-electron chi connectivity index (χ3n) is 5.82. The van der Waals surface area contributed by atoms with Crippen LogP contribution in [0.4, 0.5) is 0 Å². The van der Waals surface area contributed by atoms with E-state index in [1.807, 2.05) is 24.9 Å². The average Bonchev–Trinajstić information content (AvgIpc) is 3.29. The van der Waals surface area contributed by atoms with Crippen LogP contribution in [0.25, 0.3) is 0 Å². The van der Waals surface area contributed by atoms with Crippen molar-refractivity contribution in [2.75, 3.05) is 13.1 Å². The van der Waals surface area contributed by atoms with Crippen LogP contribution in [0.15, 0.2) is 12.3 Å². The lowest BCUT2D eigenvalue weighted by Gasteiger charge is -2.32. The van der Waals surface area contributed by atoms with Crippen LogP contribution in [0, 0.1) is 0 Å². The number of carbonyl (C=O) groups is 1. The topological polar surface area (TPSA) is 76.0 Å². The molecule has 1 saturated heterocycles. The maximum Gasteiger partial charge on any atom is 0.274 e. The summed E-state index contributed by atoms with van der Waals surface area (Å²) in [5.74, 6) is 0.527. The highest BCUT2D eigenvalue weighted by Gasteiger charge is 2.33. The quantitative estimate of drug-likeness (QED) is 0.896. The SMILES string of the molecule is CCCn1nccc1C1CCN(C(=O)c2n[nH]c3c2C[C@H](C)O[C@@H]3C)CC1. The predicted octanol–water partition coefficient (Wildman–Crippen LogP) is 3.06. The van der Waals surface area contributed by atoms with Crippen LogP contribution in [0.3, 0.4) is 0 Å². The third-order valence-corrected chi connectivity index (χ3v) is 5.82. The van der Waals surface area contributed by atoms with Crippen molar-refractivity contribution in [1.82, 2.24) is 24.9 Å². The van der Waals surface area contributed by atoms with E-state index in [4.69, 9.17) is 4.74 Å². The van der Waals surface area contributed by atoms with Crippen LogP contribution >= 0.6 is 0 Å². The molecule has 1 fully saturated rings. The Morgan fingerprint density at radius 2 is 2.11 bits per heavy atom. The molecule has 0 aromatic carbocycles. The van der Waals surface area contributed by atoms with E-state index in [0.29, 0.717) is 11.6 Å². The Kier molecular flexibility index (Phi) is 5.04. The number of fused-ring (bicyclic) bond motifs is 1. The molecule has 27 heavy (non-hydrogen) atoms. The first kappa shape index (κ1) is 18.2. The Morgan fingerprint density at radius 3 is 2.85 bits per heavy atom. The summed E-state index contributed by atoms with van der Waals surface area (Å²) >= 11 is 0. The molecule has 1 N–H and O–H groups in total. The fourth-order valence-electron chi connectivity index (χ4n) is 4.47. The summed E-state index contributed by atoms with van der Waals surface area (Å²) in [6.45, 7) is 8.72. The Labute approximate surface area is 160 Å². The van der Waals surface area contributed by atoms with E-state index in [1.165, 1.54) is 5.69 Å². The predicted molar refractivity (Wildman–Crippen MR) is 102 cm³/mol. The smallest absolute Gasteiger partial charge is 0.274 e. The van der Waals surface area contributed by atoms with Gasteiger partial charge in [-0.15, -0.1) is 0 Å². The van der Waals surface area contributed by atoms with E-state index in [2.05, 4.69) is 33.0 Å². The number of nitrogens with zero attached hydrogens (tertiary/aromatic N) is 4. The fourth-order valence-corrected chi connectivity index (χ4v) is 4.47. The van der Waals surface area contributed by atoms with Crippen molar-refractivity contribution in [2.24, 2.45) is 0 Å². The number of hydrogen-bond acceptors (Lipinski definition) is 4. The van der Waals surface area contributed by atoms with Gasteiger partial charge in [0.15, 0.2) is 5.69 Å². The minimum absolute atomic E-state index is 0.0395. The summed E-state index contributed by atoms with van der Waals surface area (Å²) in [7, 11) is 0. The van der Waals surface area contributed by atoms with Crippen molar-refractivity contribution in [3.8, 4) is 0 Å². The van der Waals surface area contributed by atoms with Gasteiger partial charge < -0.3 is 9.64 Å². The Morgan fingerprint density at radius 1 is 1.33 bits per heavy atom. The molecule has 0 unspecified atom stereocenters. The molecule has 7 nitrogen and oxygen atoms in total. The molecule has 0 aliphatic carbocycles. The molecule has 4 heterocycles. The first-order valence-electron chi connectivity index (χ1n) is 10.1. The Bertz CT molecular complexity index is 803. The molecule has 2 aromatic heterocycles. The second kappa shape index (κ2) is 7.46. The zero-order valence-electron chi connectivity index (χ0n) is 16.4. The maximum absolute atomic E-state index is 13.1. The van der Waals surface area contributed by atoms with E-state index in [-0.39, 0.29) is 18.1 Å². The lowest BCUT2D eigenvalue weighted by molar-refractivity contribution is -0.00703. The van der Waals surface area contributed by atoms with Gasteiger partial charge in [-0.3, -0.25) is 14.6 Å². The molecular formula is C20H29N5O2. The van der Waals surface area contributed by atoms with Gasteiger partial charge in [-0.05, 0) is 39.2 Å². The minimum Gasteiger partial charge on any atom is -0.369 e. The van der Waals surface area contributed by atoms with Crippen molar-refractivity contribution in [3.05, 3.63) is 34.9 Å². The molecule has 7 heteroatoms. The van der Waals surface area contributed by atoms with E-state index in [1.54, 1.807) is 0 Å². The average molecular weight is 371 g/mol. The largest absolute Gasteiger partial charge is 0.369 e. The molecule has 2 aliphatic rings. The van der Waals surface area contributed by atoms with E-state index < -0.39 is 0 Å². The highest BCUT2D eigenvalue weighted by molar-refractivity contribution is 5.94. The summed E-state index contributed by atoms with van der Waals surface area (Å²) in [6, 6.07) is 2.13. The summed E-state index contributed by atoms with van der Waals surface area (Å²) < 4.78 is 7.95. The van der Waals surface area contributed by atoms with Crippen molar-refractivity contribution in [1.29, 1.82) is 0 Å². The first-order valence-corrected chi connectivity index (χ1v) is 10.1. The molecule has 2 aliphatic heterocycles. The van der Waals surface area contributed by atoms with Crippen LogP contribution in [0.2, 0.25) is 0 Å². The van der Waals surface area contributed by atoms with Gasteiger partial charge in [-0.1, -0.05) is 6.92 Å². The number of amides is 1. The number of H-pyrrole nitrogens is 1. The highest BCUT2D eigenvalue weighted by atomic mass is 16.5. The number of piperidine rings is 1. The number of aromatic nitrogens is 4. The molecule has 2 aromatic rings. The number of hydrogen-bond donors (Lipinski definition) is 1. The van der Waals surface area contributed by atoms with Crippen molar-refractivity contribution >= 4 is 5.91 Å². The first-order chi connectivity index (χ1) is 13.1. The van der Waals surface area contributed by atoms with Crippen LogP contribution in [-0.4, -0.2) is 50.0 Å².